The maximum absolute atomic E-state index is 9.62. The van der Waals surface area contributed by atoms with Crippen molar-refractivity contribution in [2.24, 2.45) is 5.92 Å². The third-order valence-electron chi connectivity index (χ3n) is 3.32. The predicted molar refractivity (Wildman–Crippen MR) is 82.1 cm³/mol. The van der Waals surface area contributed by atoms with Crippen molar-refractivity contribution < 1.29 is 5.11 Å². The molecule has 18 heavy (non-hydrogen) atoms. The molecule has 102 valence electrons. The van der Waals surface area contributed by atoms with E-state index in [4.69, 9.17) is 0 Å². The van der Waals surface area contributed by atoms with Crippen LogP contribution in [0.3, 0.4) is 0 Å². The Morgan fingerprint density at radius 3 is 2.28 bits per heavy atom. The molecule has 0 aliphatic carbocycles. The topological polar surface area (TPSA) is 23.5 Å². The smallest absolute Gasteiger partial charge is 0.0772 e. The van der Waals surface area contributed by atoms with E-state index in [9.17, 15) is 5.11 Å². The van der Waals surface area contributed by atoms with E-state index in [-0.39, 0.29) is 0 Å². The van der Waals surface area contributed by atoms with Crippen LogP contribution in [-0.4, -0.2) is 18.2 Å². The number of halogens is 1. The van der Waals surface area contributed by atoms with E-state index >= 15 is 0 Å². The summed E-state index contributed by atoms with van der Waals surface area (Å²) in [5, 5.41) is 9.62. The summed E-state index contributed by atoms with van der Waals surface area (Å²) in [5.41, 5.74) is 2.11. The van der Waals surface area contributed by atoms with E-state index in [0.717, 1.165) is 10.0 Å². The summed E-state index contributed by atoms with van der Waals surface area (Å²) in [5.74, 6) is 0.697. The van der Waals surface area contributed by atoms with E-state index in [0.29, 0.717) is 12.0 Å². The Hall–Kier alpha value is -0.540. The van der Waals surface area contributed by atoms with Gasteiger partial charge in [-0.15, -0.1) is 0 Å². The van der Waals surface area contributed by atoms with E-state index in [2.05, 4.69) is 60.8 Å². The molecule has 0 saturated heterocycles. The fourth-order valence-electron chi connectivity index (χ4n) is 2.17. The molecule has 2 nitrogen and oxygen atoms in total. The molecule has 3 heteroatoms. The molecule has 2 unspecified atom stereocenters. The molecule has 0 aromatic heterocycles. The van der Waals surface area contributed by atoms with E-state index in [1.54, 1.807) is 6.92 Å². The first kappa shape index (κ1) is 15.5. The van der Waals surface area contributed by atoms with Crippen LogP contribution in [0, 0.1) is 5.92 Å². The third-order valence-corrected chi connectivity index (χ3v) is 4.00. The molecule has 1 N–H and O–H groups in total. The monoisotopic (exact) mass is 313 g/mol. The zero-order chi connectivity index (χ0) is 13.9. The second-order valence-electron chi connectivity index (χ2n) is 5.47. The molecule has 1 aromatic carbocycles. The second-order valence-corrected chi connectivity index (χ2v) is 6.33. The minimum atomic E-state index is -0.438. The van der Waals surface area contributed by atoms with Crippen LogP contribution in [-0.2, 0) is 0 Å². The first-order chi connectivity index (χ1) is 8.32. The number of hydrogen-bond donors (Lipinski definition) is 1. The van der Waals surface area contributed by atoms with E-state index < -0.39 is 6.10 Å². The molecule has 0 heterocycles. The molecule has 0 saturated carbocycles. The lowest BCUT2D eigenvalue weighted by Gasteiger charge is -2.29. The van der Waals surface area contributed by atoms with Crippen LogP contribution in [0.2, 0.25) is 0 Å². The van der Waals surface area contributed by atoms with Crippen LogP contribution in [0.5, 0.6) is 0 Å². The van der Waals surface area contributed by atoms with Gasteiger partial charge in [0.25, 0.3) is 0 Å². The van der Waals surface area contributed by atoms with Gasteiger partial charge in [0.05, 0.1) is 6.10 Å². The van der Waals surface area contributed by atoms with Gasteiger partial charge in [-0.05, 0) is 43.9 Å². The van der Waals surface area contributed by atoms with Crippen molar-refractivity contribution >= 4 is 21.6 Å². The van der Waals surface area contributed by atoms with Gasteiger partial charge in [0, 0.05) is 23.2 Å². The van der Waals surface area contributed by atoms with Crippen LogP contribution in [0.25, 0.3) is 0 Å². The van der Waals surface area contributed by atoms with Gasteiger partial charge < -0.3 is 10.0 Å². The van der Waals surface area contributed by atoms with Crippen LogP contribution in [0.1, 0.15) is 45.8 Å². The molecule has 0 aliphatic heterocycles. The summed E-state index contributed by atoms with van der Waals surface area (Å²) in [6.07, 6.45) is 0.735. The van der Waals surface area contributed by atoms with Crippen LogP contribution in [0.4, 0.5) is 5.69 Å². The average molecular weight is 314 g/mol. The highest BCUT2D eigenvalue weighted by atomic mass is 79.9. The number of benzene rings is 1. The third kappa shape index (κ3) is 3.99. The summed E-state index contributed by atoms with van der Waals surface area (Å²) in [6.45, 7) is 8.52. The van der Waals surface area contributed by atoms with Gasteiger partial charge >= 0.3 is 0 Å². The second kappa shape index (κ2) is 6.58. The Kier molecular flexibility index (Phi) is 5.67. The van der Waals surface area contributed by atoms with Crippen molar-refractivity contribution in [3.05, 3.63) is 28.2 Å². The van der Waals surface area contributed by atoms with E-state index in [1.807, 2.05) is 6.07 Å². The molecule has 0 bridgehead atoms. The molecule has 0 radical (unpaired) electrons. The Morgan fingerprint density at radius 2 is 1.83 bits per heavy atom. The summed E-state index contributed by atoms with van der Waals surface area (Å²) >= 11 is 3.53. The first-order valence-corrected chi connectivity index (χ1v) is 7.32. The summed E-state index contributed by atoms with van der Waals surface area (Å²) in [4.78, 5) is 2.29. The summed E-state index contributed by atoms with van der Waals surface area (Å²) < 4.78 is 0.971. The molecular weight excluding hydrogens is 290 g/mol. The summed E-state index contributed by atoms with van der Waals surface area (Å²) in [6, 6.07) is 6.65. The van der Waals surface area contributed by atoms with Crippen LogP contribution in [0.15, 0.2) is 22.7 Å². The van der Waals surface area contributed by atoms with E-state index in [1.165, 1.54) is 12.1 Å². The molecule has 0 aliphatic rings. The zero-order valence-electron chi connectivity index (χ0n) is 11.9. The molecule has 0 spiro atoms. The van der Waals surface area contributed by atoms with Gasteiger partial charge in [-0.3, -0.25) is 0 Å². The van der Waals surface area contributed by atoms with Crippen molar-refractivity contribution in [1.29, 1.82) is 0 Å². The maximum Gasteiger partial charge on any atom is 0.0772 e. The van der Waals surface area contributed by atoms with Crippen molar-refractivity contribution in [1.82, 2.24) is 0 Å². The minimum Gasteiger partial charge on any atom is -0.389 e. The lowest BCUT2D eigenvalue weighted by Crippen LogP contribution is -2.30. The SMILES string of the molecule is CC(C)CC(C)N(C)c1ccc(C(C)O)c(Br)c1. The fraction of sp³-hybridized carbons (Fsp3) is 0.600. The quantitative estimate of drug-likeness (QED) is 0.872. The Bertz CT molecular complexity index is 390. The fourth-order valence-corrected chi connectivity index (χ4v) is 2.87. The highest BCUT2D eigenvalue weighted by Gasteiger charge is 2.14. The molecule has 0 amide bonds. The summed E-state index contributed by atoms with van der Waals surface area (Å²) in [7, 11) is 2.12. The minimum absolute atomic E-state index is 0.438. The molecule has 0 fully saturated rings. The number of anilines is 1. The van der Waals surface area contributed by atoms with Gasteiger partial charge in [-0.25, -0.2) is 0 Å². The van der Waals surface area contributed by atoms with Crippen molar-refractivity contribution in [3.63, 3.8) is 0 Å². The van der Waals surface area contributed by atoms with Gasteiger partial charge in [0.2, 0.25) is 0 Å². The Balaban J connectivity index is 2.87. The molecule has 1 rings (SSSR count). The number of aliphatic hydroxyl groups is 1. The highest BCUT2D eigenvalue weighted by Crippen LogP contribution is 2.29. The van der Waals surface area contributed by atoms with Crippen LogP contribution >= 0.6 is 15.9 Å². The lowest BCUT2D eigenvalue weighted by atomic mass is 10.0. The normalized spacial score (nSPS) is 14.7. The van der Waals surface area contributed by atoms with Crippen molar-refractivity contribution in [3.8, 4) is 0 Å². The number of rotatable bonds is 5. The number of hydrogen-bond acceptors (Lipinski definition) is 2. The number of nitrogens with zero attached hydrogens (tertiary/aromatic N) is 1. The van der Waals surface area contributed by atoms with Crippen LogP contribution < -0.4 is 4.90 Å². The molecule has 2 atom stereocenters. The Labute approximate surface area is 119 Å². The van der Waals surface area contributed by atoms with Gasteiger partial charge in [0.1, 0.15) is 0 Å². The molecule has 1 aromatic rings. The predicted octanol–water partition coefficient (Wildman–Crippen LogP) is 4.37. The van der Waals surface area contributed by atoms with Crippen molar-refractivity contribution in [2.45, 2.75) is 46.3 Å². The largest absolute Gasteiger partial charge is 0.389 e. The standard InChI is InChI=1S/C15H24BrNO/c1-10(2)8-11(3)17(5)13-6-7-14(12(4)18)15(16)9-13/h6-7,9-12,18H,8H2,1-5H3. The van der Waals surface area contributed by atoms with Crippen molar-refractivity contribution in [2.75, 3.05) is 11.9 Å². The molecular formula is C15H24BrNO. The van der Waals surface area contributed by atoms with Gasteiger partial charge in [0.15, 0.2) is 0 Å². The Morgan fingerprint density at radius 1 is 1.22 bits per heavy atom. The maximum atomic E-state index is 9.62. The lowest BCUT2D eigenvalue weighted by molar-refractivity contribution is 0.198. The number of aliphatic hydroxyl groups excluding tert-OH is 1. The van der Waals surface area contributed by atoms with Gasteiger partial charge in [-0.1, -0.05) is 35.8 Å². The zero-order valence-corrected chi connectivity index (χ0v) is 13.5. The highest BCUT2D eigenvalue weighted by molar-refractivity contribution is 9.10. The van der Waals surface area contributed by atoms with Gasteiger partial charge in [-0.2, -0.15) is 0 Å². The first-order valence-electron chi connectivity index (χ1n) is 6.53. The average Bonchev–Trinajstić information content (AvgIpc) is 2.26.